The van der Waals surface area contributed by atoms with Crippen molar-refractivity contribution < 1.29 is 14.3 Å². The number of guanidine groups is 1. The number of nitrogens with one attached hydrogen (secondary N) is 3. The van der Waals surface area contributed by atoms with Crippen LogP contribution in [-0.4, -0.2) is 68.0 Å². The first-order chi connectivity index (χ1) is 14.5. The van der Waals surface area contributed by atoms with Crippen molar-refractivity contribution in [3.63, 3.8) is 0 Å². The van der Waals surface area contributed by atoms with Gasteiger partial charge in [-0.15, -0.1) is 0 Å². The van der Waals surface area contributed by atoms with Crippen LogP contribution in [0.2, 0.25) is 0 Å². The third-order valence-corrected chi connectivity index (χ3v) is 5.15. The number of anilines is 1. The molecule has 0 spiro atoms. The molecule has 166 valence electrons. The highest BCUT2D eigenvalue weighted by Gasteiger charge is 2.32. The molecular formula is C22H35N5O3. The van der Waals surface area contributed by atoms with Crippen molar-refractivity contribution in [2.24, 2.45) is 4.99 Å². The number of rotatable bonds is 6. The monoisotopic (exact) mass is 417 g/mol. The lowest BCUT2D eigenvalue weighted by Crippen LogP contribution is -2.53. The number of carbonyl (C=O) groups excluding carboxylic acids is 1. The molecule has 0 saturated carbocycles. The summed E-state index contributed by atoms with van der Waals surface area (Å²) in [5.41, 5.74) is 1.85. The molecule has 0 bridgehead atoms. The fraction of sp³-hybridized carbons (Fsp3) is 0.636. The van der Waals surface area contributed by atoms with Crippen molar-refractivity contribution in [1.29, 1.82) is 0 Å². The molecule has 30 heavy (non-hydrogen) atoms. The maximum absolute atomic E-state index is 11.8. The predicted molar refractivity (Wildman–Crippen MR) is 119 cm³/mol. The first kappa shape index (κ1) is 22.4. The molecule has 2 heterocycles. The summed E-state index contributed by atoms with van der Waals surface area (Å²) in [6, 6.07) is 7.69. The van der Waals surface area contributed by atoms with Crippen LogP contribution in [0.15, 0.2) is 29.3 Å². The minimum absolute atomic E-state index is 0.100. The molecule has 8 heteroatoms. The van der Waals surface area contributed by atoms with E-state index in [2.05, 4.69) is 27.8 Å². The Morgan fingerprint density at radius 2 is 1.97 bits per heavy atom. The average molecular weight is 418 g/mol. The number of carbonyl (C=O) groups is 1. The van der Waals surface area contributed by atoms with Crippen molar-refractivity contribution in [1.82, 2.24) is 15.5 Å². The minimum atomic E-state index is -0.196. The lowest BCUT2D eigenvalue weighted by atomic mass is 10.1. The molecule has 0 aromatic heterocycles. The topological polar surface area (TPSA) is 87.2 Å². The van der Waals surface area contributed by atoms with Gasteiger partial charge in [0.2, 0.25) is 0 Å². The van der Waals surface area contributed by atoms with Crippen LogP contribution in [0.5, 0.6) is 0 Å². The second kappa shape index (κ2) is 11.2. The predicted octanol–water partition coefficient (Wildman–Crippen LogP) is 2.56. The number of aliphatic imine (C=N–C) groups is 1. The molecule has 0 radical (unpaired) electrons. The molecule has 2 aliphatic rings. The van der Waals surface area contributed by atoms with Crippen LogP contribution in [0.3, 0.4) is 0 Å². The number of urea groups is 1. The van der Waals surface area contributed by atoms with Gasteiger partial charge in [-0.3, -0.25) is 0 Å². The zero-order valence-corrected chi connectivity index (χ0v) is 18.3. The second-order valence-corrected chi connectivity index (χ2v) is 8.03. The van der Waals surface area contributed by atoms with Gasteiger partial charge in [0.15, 0.2) is 5.96 Å². The van der Waals surface area contributed by atoms with Crippen molar-refractivity contribution >= 4 is 17.7 Å². The van der Waals surface area contributed by atoms with Crippen LogP contribution < -0.4 is 16.0 Å². The molecule has 0 aliphatic carbocycles. The van der Waals surface area contributed by atoms with Crippen LogP contribution in [0.4, 0.5) is 10.5 Å². The number of hydrogen-bond acceptors (Lipinski definition) is 4. The summed E-state index contributed by atoms with van der Waals surface area (Å²) in [6.07, 6.45) is 2.49. The molecule has 8 nitrogen and oxygen atoms in total. The Morgan fingerprint density at radius 3 is 2.63 bits per heavy atom. The lowest BCUT2D eigenvalue weighted by molar-refractivity contribution is -0.0817. The molecule has 3 rings (SSSR count). The molecule has 3 N–H and O–H groups in total. The summed E-state index contributed by atoms with van der Waals surface area (Å²) in [4.78, 5) is 18.9. The van der Waals surface area contributed by atoms with Gasteiger partial charge in [-0.05, 0) is 51.3 Å². The van der Waals surface area contributed by atoms with E-state index in [9.17, 15) is 4.79 Å². The number of benzene rings is 1. The highest BCUT2D eigenvalue weighted by atomic mass is 16.5. The van der Waals surface area contributed by atoms with E-state index in [1.54, 1.807) is 0 Å². The van der Waals surface area contributed by atoms with E-state index >= 15 is 0 Å². The highest BCUT2D eigenvalue weighted by Crippen LogP contribution is 2.21. The van der Waals surface area contributed by atoms with Crippen molar-refractivity contribution in [2.45, 2.75) is 58.4 Å². The third kappa shape index (κ3) is 6.60. The van der Waals surface area contributed by atoms with E-state index in [1.165, 1.54) is 0 Å². The highest BCUT2D eigenvalue weighted by molar-refractivity contribution is 5.89. The standard InChI is InChI=1S/C22H35N5O3/c1-4-23-21(27-11-13-30-20(15-27)19-6-5-12-29-19)24-14-17-7-9-18(10-8-17)26-22(28)25-16(2)3/h7-10,16,19-20H,4-6,11-15H2,1-3H3,(H,23,24)(H2,25,26,28). The molecule has 2 aliphatic heterocycles. The number of morpholine rings is 1. The van der Waals surface area contributed by atoms with Crippen LogP contribution in [0.1, 0.15) is 39.2 Å². The van der Waals surface area contributed by atoms with Crippen molar-refractivity contribution in [3.8, 4) is 0 Å². The number of hydrogen-bond donors (Lipinski definition) is 3. The van der Waals surface area contributed by atoms with Crippen LogP contribution >= 0.6 is 0 Å². The van der Waals surface area contributed by atoms with E-state index in [0.717, 1.165) is 56.3 Å². The Balaban J connectivity index is 1.58. The van der Waals surface area contributed by atoms with E-state index in [-0.39, 0.29) is 24.3 Å². The van der Waals surface area contributed by atoms with E-state index in [1.807, 2.05) is 38.1 Å². The van der Waals surface area contributed by atoms with Crippen molar-refractivity contribution in [2.75, 3.05) is 38.2 Å². The first-order valence-corrected chi connectivity index (χ1v) is 11.0. The Bertz CT molecular complexity index is 701. The summed E-state index contributed by atoms with van der Waals surface area (Å²) in [7, 11) is 0. The number of nitrogens with zero attached hydrogens (tertiary/aromatic N) is 2. The maximum Gasteiger partial charge on any atom is 0.319 e. The van der Waals surface area contributed by atoms with Crippen molar-refractivity contribution in [3.05, 3.63) is 29.8 Å². The van der Waals surface area contributed by atoms with Gasteiger partial charge < -0.3 is 30.3 Å². The molecule has 2 atom stereocenters. The fourth-order valence-corrected chi connectivity index (χ4v) is 3.70. The number of ether oxygens (including phenoxy) is 2. The summed E-state index contributed by atoms with van der Waals surface area (Å²) in [5, 5.41) is 9.06. The van der Waals surface area contributed by atoms with E-state index < -0.39 is 0 Å². The molecule has 2 saturated heterocycles. The van der Waals surface area contributed by atoms with Gasteiger partial charge in [0.25, 0.3) is 0 Å². The molecule has 2 fully saturated rings. The zero-order chi connectivity index (χ0) is 21.3. The molecule has 2 unspecified atom stereocenters. The first-order valence-electron chi connectivity index (χ1n) is 11.0. The Kier molecular flexibility index (Phi) is 8.33. The smallest absolute Gasteiger partial charge is 0.319 e. The van der Waals surface area contributed by atoms with Gasteiger partial charge in [0.05, 0.1) is 19.3 Å². The molecule has 1 aromatic rings. The van der Waals surface area contributed by atoms with E-state index in [0.29, 0.717) is 13.2 Å². The summed E-state index contributed by atoms with van der Waals surface area (Å²) >= 11 is 0. The van der Waals surface area contributed by atoms with Gasteiger partial charge in [-0.25, -0.2) is 9.79 Å². The molecule has 2 amide bonds. The second-order valence-electron chi connectivity index (χ2n) is 8.03. The number of amides is 2. The van der Waals surface area contributed by atoms with Gasteiger partial charge in [0, 0.05) is 38.0 Å². The third-order valence-electron chi connectivity index (χ3n) is 5.15. The van der Waals surface area contributed by atoms with Crippen LogP contribution in [0, 0.1) is 0 Å². The quantitative estimate of drug-likeness (QED) is 0.489. The normalized spacial score (nSPS) is 22.3. The molecule has 1 aromatic carbocycles. The maximum atomic E-state index is 11.8. The average Bonchev–Trinajstić information content (AvgIpc) is 3.27. The minimum Gasteiger partial charge on any atom is -0.375 e. The van der Waals surface area contributed by atoms with Crippen LogP contribution in [0.25, 0.3) is 0 Å². The summed E-state index contributed by atoms with van der Waals surface area (Å²) in [6.45, 7) is 10.5. The zero-order valence-electron chi connectivity index (χ0n) is 18.3. The fourth-order valence-electron chi connectivity index (χ4n) is 3.70. The van der Waals surface area contributed by atoms with Crippen LogP contribution in [-0.2, 0) is 16.0 Å². The Labute approximate surface area is 179 Å². The van der Waals surface area contributed by atoms with Gasteiger partial charge in [-0.2, -0.15) is 0 Å². The largest absolute Gasteiger partial charge is 0.375 e. The summed E-state index contributed by atoms with van der Waals surface area (Å²) < 4.78 is 11.8. The van der Waals surface area contributed by atoms with Gasteiger partial charge in [-0.1, -0.05) is 12.1 Å². The summed E-state index contributed by atoms with van der Waals surface area (Å²) in [5.74, 6) is 0.905. The lowest BCUT2D eigenvalue weighted by Gasteiger charge is -2.37. The van der Waals surface area contributed by atoms with E-state index in [4.69, 9.17) is 14.5 Å². The Hall–Kier alpha value is -2.32. The molecular weight excluding hydrogens is 382 g/mol. The Morgan fingerprint density at radius 1 is 1.20 bits per heavy atom. The van der Waals surface area contributed by atoms with Gasteiger partial charge in [0.1, 0.15) is 6.10 Å². The SMILES string of the molecule is CCNC(=NCc1ccc(NC(=O)NC(C)C)cc1)N1CCOC(C2CCCO2)C1. The van der Waals surface area contributed by atoms with Gasteiger partial charge >= 0.3 is 6.03 Å².